The van der Waals surface area contributed by atoms with Crippen LogP contribution in [-0.2, 0) is 4.79 Å². The van der Waals surface area contributed by atoms with E-state index in [0.29, 0.717) is 11.5 Å². The smallest absolute Gasteiger partial charge is 0.330 e. The summed E-state index contributed by atoms with van der Waals surface area (Å²) in [5.74, 6) is 0.556. The number of carboxylic acid groups (broad SMARTS) is 1. The Morgan fingerprint density at radius 1 is 1.31 bits per heavy atom. The summed E-state index contributed by atoms with van der Waals surface area (Å²) in [6.07, 6.45) is 6.73. The fraction of sp³-hybridized carbons (Fsp3) is 0.727. The Labute approximate surface area is 79.6 Å². The topological polar surface area (TPSA) is 37.3 Å². The summed E-state index contributed by atoms with van der Waals surface area (Å²) in [5.41, 5.74) is 0.500. The second-order valence-electron chi connectivity index (χ2n) is 4.17. The Morgan fingerprint density at radius 2 is 1.85 bits per heavy atom. The summed E-state index contributed by atoms with van der Waals surface area (Å²) in [7, 11) is 0. The van der Waals surface area contributed by atoms with E-state index in [0.717, 1.165) is 18.8 Å². The molecule has 0 radical (unpaired) electrons. The summed E-state index contributed by atoms with van der Waals surface area (Å²) in [4.78, 5) is 10.6. The van der Waals surface area contributed by atoms with Crippen LogP contribution in [-0.4, -0.2) is 11.1 Å². The number of rotatable bonds is 2. The minimum atomic E-state index is -0.779. The van der Waals surface area contributed by atoms with E-state index < -0.39 is 5.97 Å². The van der Waals surface area contributed by atoms with Crippen LogP contribution in [0, 0.1) is 11.8 Å². The quantitative estimate of drug-likeness (QED) is 0.667. The Bertz CT molecular complexity index is 210. The minimum Gasteiger partial charge on any atom is -0.478 e. The molecule has 0 saturated heterocycles. The van der Waals surface area contributed by atoms with Crippen molar-refractivity contribution in [3.8, 4) is 0 Å². The molecule has 2 heteroatoms. The van der Waals surface area contributed by atoms with Crippen LogP contribution in [0.15, 0.2) is 11.6 Å². The SMILES string of the molecule is C/C(=C\C1CCC(C)CC1)C(=O)O. The van der Waals surface area contributed by atoms with E-state index in [1.54, 1.807) is 6.92 Å². The first kappa shape index (κ1) is 10.3. The molecular formula is C11H18O2. The number of hydrogen-bond acceptors (Lipinski definition) is 1. The van der Waals surface area contributed by atoms with Crippen molar-refractivity contribution in [3.63, 3.8) is 0 Å². The van der Waals surface area contributed by atoms with Crippen molar-refractivity contribution in [2.75, 3.05) is 0 Å². The average Bonchev–Trinajstić information content (AvgIpc) is 2.08. The Kier molecular flexibility index (Phi) is 3.52. The molecule has 0 aromatic heterocycles. The van der Waals surface area contributed by atoms with Crippen LogP contribution in [0.5, 0.6) is 0 Å². The summed E-state index contributed by atoms with van der Waals surface area (Å²) < 4.78 is 0. The summed E-state index contributed by atoms with van der Waals surface area (Å²) in [6, 6.07) is 0. The normalized spacial score (nSPS) is 30.2. The van der Waals surface area contributed by atoms with Crippen molar-refractivity contribution in [1.82, 2.24) is 0 Å². The van der Waals surface area contributed by atoms with Gasteiger partial charge in [0.1, 0.15) is 0 Å². The largest absolute Gasteiger partial charge is 0.478 e. The highest BCUT2D eigenvalue weighted by atomic mass is 16.4. The highest BCUT2D eigenvalue weighted by molar-refractivity contribution is 5.85. The molecule has 0 heterocycles. The Morgan fingerprint density at radius 3 is 2.31 bits per heavy atom. The summed E-state index contributed by atoms with van der Waals surface area (Å²) in [5, 5.41) is 8.70. The molecule has 0 aromatic carbocycles. The number of hydrogen-bond donors (Lipinski definition) is 1. The molecule has 0 bridgehead atoms. The van der Waals surface area contributed by atoms with Gasteiger partial charge in [0, 0.05) is 5.57 Å². The second kappa shape index (κ2) is 4.45. The average molecular weight is 182 g/mol. The summed E-state index contributed by atoms with van der Waals surface area (Å²) in [6.45, 7) is 3.95. The molecule has 1 fully saturated rings. The first-order chi connectivity index (χ1) is 6.09. The van der Waals surface area contributed by atoms with Gasteiger partial charge in [0.25, 0.3) is 0 Å². The fourth-order valence-electron chi connectivity index (χ4n) is 1.88. The van der Waals surface area contributed by atoms with Crippen molar-refractivity contribution in [2.24, 2.45) is 11.8 Å². The molecule has 0 atom stereocenters. The van der Waals surface area contributed by atoms with Crippen LogP contribution in [0.2, 0.25) is 0 Å². The predicted octanol–water partition coefficient (Wildman–Crippen LogP) is 2.84. The van der Waals surface area contributed by atoms with Crippen molar-refractivity contribution in [2.45, 2.75) is 39.5 Å². The van der Waals surface area contributed by atoms with Crippen molar-refractivity contribution in [1.29, 1.82) is 0 Å². The molecular weight excluding hydrogens is 164 g/mol. The molecule has 0 aromatic rings. The lowest BCUT2D eigenvalue weighted by molar-refractivity contribution is -0.132. The van der Waals surface area contributed by atoms with Crippen LogP contribution >= 0.6 is 0 Å². The van der Waals surface area contributed by atoms with Crippen LogP contribution in [0.4, 0.5) is 0 Å². The number of aliphatic carboxylic acids is 1. The van der Waals surface area contributed by atoms with Crippen LogP contribution in [0.1, 0.15) is 39.5 Å². The molecule has 1 rings (SSSR count). The van der Waals surface area contributed by atoms with Gasteiger partial charge < -0.3 is 5.11 Å². The van der Waals surface area contributed by atoms with Gasteiger partial charge >= 0.3 is 5.97 Å². The van der Waals surface area contributed by atoms with E-state index in [1.807, 2.05) is 6.08 Å². The molecule has 0 aliphatic heterocycles. The van der Waals surface area contributed by atoms with E-state index >= 15 is 0 Å². The minimum absolute atomic E-state index is 0.500. The van der Waals surface area contributed by atoms with Crippen LogP contribution < -0.4 is 0 Å². The van der Waals surface area contributed by atoms with E-state index in [1.165, 1.54) is 12.8 Å². The first-order valence-electron chi connectivity index (χ1n) is 5.01. The third-order valence-corrected chi connectivity index (χ3v) is 2.88. The standard InChI is InChI=1S/C11H18O2/c1-8-3-5-10(6-4-8)7-9(2)11(12)13/h7-8,10H,3-6H2,1-2H3,(H,12,13)/b9-7+. The van der Waals surface area contributed by atoms with Crippen molar-refractivity contribution >= 4 is 5.97 Å². The van der Waals surface area contributed by atoms with Crippen molar-refractivity contribution in [3.05, 3.63) is 11.6 Å². The molecule has 1 N–H and O–H groups in total. The number of allylic oxidation sites excluding steroid dienone is 1. The maximum Gasteiger partial charge on any atom is 0.330 e. The molecule has 13 heavy (non-hydrogen) atoms. The van der Waals surface area contributed by atoms with E-state index in [-0.39, 0.29) is 0 Å². The zero-order valence-electron chi connectivity index (χ0n) is 8.42. The lowest BCUT2D eigenvalue weighted by Gasteiger charge is -2.23. The van der Waals surface area contributed by atoms with E-state index in [2.05, 4.69) is 6.92 Å². The van der Waals surface area contributed by atoms with Gasteiger partial charge in [0.15, 0.2) is 0 Å². The zero-order valence-corrected chi connectivity index (χ0v) is 8.42. The third-order valence-electron chi connectivity index (χ3n) is 2.88. The lowest BCUT2D eigenvalue weighted by Crippen LogP contribution is -2.11. The van der Waals surface area contributed by atoms with Crippen LogP contribution in [0.3, 0.4) is 0 Å². The Hall–Kier alpha value is -0.790. The van der Waals surface area contributed by atoms with Crippen LogP contribution in [0.25, 0.3) is 0 Å². The van der Waals surface area contributed by atoms with E-state index in [4.69, 9.17) is 5.11 Å². The molecule has 1 aliphatic rings. The van der Waals surface area contributed by atoms with Gasteiger partial charge in [-0.05, 0) is 31.6 Å². The van der Waals surface area contributed by atoms with Crippen molar-refractivity contribution < 1.29 is 9.90 Å². The maximum atomic E-state index is 10.6. The maximum absolute atomic E-state index is 10.6. The molecule has 1 aliphatic carbocycles. The highest BCUT2D eigenvalue weighted by Gasteiger charge is 2.17. The molecule has 1 saturated carbocycles. The predicted molar refractivity (Wildman–Crippen MR) is 52.5 cm³/mol. The molecule has 0 amide bonds. The second-order valence-corrected chi connectivity index (χ2v) is 4.17. The number of carboxylic acids is 1. The highest BCUT2D eigenvalue weighted by Crippen LogP contribution is 2.29. The zero-order chi connectivity index (χ0) is 9.84. The molecule has 0 unspecified atom stereocenters. The third kappa shape index (κ3) is 3.21. The van der Waals surface area contributed by atoms with E-state index in [9.17, 15) is 4.79 Å². The van der Waals surface area contributed by atoms with Gasteiger partial charge in [-0.1, -0.05) is 25.8 Å². The monoisotopic (exact) mass is 182 g/mol. The fourth-order valence-corrected chi connectivity index (χ4v) is 1.88. The molecule has 74 valence electrons. The van der Waals surface area contributed by atoms with Gasteiger partial charge in [-0.3, -0.25) is 0 Å². The summed E-state index contributed by atoms with van der Waals surface area (Å²) >= 11 is 0. The van der Waals surface area contributed by atoms with Gasteiger partial charge in [-0.25, -0.2) is 4.79 Å². The van der Waals surface area contributed by atoms with Gasteiger partial charge in [0.2, 0.25) is 0 Å². The van der Waals surface area contributed by atoms with Gasteiger partial charge in [-0.15, -0.1) is 0 Å². The van der Waals surface area contributed by atoms with Gasteiger partial charge in [0.05, 0.1) is 0 Å². The first-order valence-corrected chi connectivity index (χ1v) is 5.01. The van der Waals surface area contributed by atoms with Gasteiger partial charge in [-0.2, -0.15) is 0 Å². The Balaban J connectivity index is 2.46. The molecule has 2 nitrogen and oxygen atoms in total. The molecule has 0 spiro atoms. The lowest BCUT2D eigenvalue weighted by atomic mass is 9.82. The number of carbonyl (C=O) groups is 1.